The Kier molecular flexibility index (Phi) is 7.72. The van der Waals surface area contributed by atoms with Gasteiger partial charge in [-0.15, -0.1) is 12.4 Å². The second kappa shape index (κ2) is 6.42. The number of carbonyl (C=O) groups is 1. The van der Waals surface area contributed by atoms with Gasteiger partial charge in [0.1, 0.15) is 0 Å². The number of hydrogen-bond donors (Lipinski definition) is 1. The summed E-state index contributed by atoms with van der Waals surface area (Å²) in [6, 6.07) is 0. The first-order chi connectivity index (χ1) is 4.16. The molecule has 0 atom stereocenters. The monoisotopic (exact) mass is 165 g/mol. The molecule has 0 aliphatic rings. The van der Waals surface area contributed by atoms with Crippen LogP contribution in [0.15, 0.2) is 11.8 Å². The van der Waals surface area contributed by atoms with Crippen molar-refractivity contribution in [1.82, 2.24) is 0 Å². The van der Waals surface area contributed by atoms with Crippen LogP contribution in [0.5, 0.6) is 0 Å². The van der Waals surface area contributed by atoms with E-state index < -0.39 is 0 Å². The van der Waals surface area contributed by atoms with E-state index in [-0.39, 0.29) is 18.4 Å². The third kappa shape index (κ3) is 7.30. The summed E-state index contributed by atoms with van der Waals surface area (Å²) in [5.74, 6) is -0.377. The molecular formula is C6H12ClNO2. The zero-order valence-corrected chi connectivity index (χ0v) is 6.90. The lowest BCUT2D eigenvalue weighted by Gasteiger charge is -1.94. The Hall–Kier alpha value is -0.700. The Morgan fingerprint density at radius 3 is 2.50 bits per heavy atom. The molecule has 60 valence electrons. The van der Waals surface area contributed by atoms with E-state index in [1.54, 1.807) is 13.8 Å². The number of halogens is 1. The van der Waals surface area contributed by atoms with E-state index in [2.05, 4.69) is 4.74 Å². The number of nitrogens with two attached hydrogens (primary N) is 1. The van der Waals surface area contributed by atoms with Gasteiger partial charge in [0.05, 0.1) is 6.61 Å². The highest BCUT2D eigenvalue weighted by atomic mass is 35.5. The molecule has 0 aromatic rings. The van der Waals surface area contributed by atoms with Crippen LogP contribution in [0.1, 0.15) is 13.8 Å². The van der Waals surface area contributed by atoms with Crippen LogP contribution in [0.25, 0.3) is 0 Å². The molecule has 0 rings (SSSR count). The normalized spacial score (nSPS) is 10.0. The van der Waals surface area contributed by atoms with Crippen LogP contribution < -0.4 is 5.73 Å². The van der Waals surface area contributed by atoms with Crippen molar-refractivity contribution in [3.05, 3.63) is 11.8 Å². The van der Waals surface area contributed by atoms with E-state index in [1.807, 2.05) is 0 Å². The van der Waals surface area contributed by atoms with Crippen molar-refractivity contribution in [2.24, 2.45) is 5.73 Å². The van der Waals surface area contributed by atoms with Gasteiger partial charge in [-0.25, -0.2) is 4.79 Å². The lowest BCUT2D eigenvalue weighted by Crippen LogP contribution is -2.03. The van der Waals surface area contributed by atoms with Gasteiger partial charge in [0.2, 0.25) is 0 Å². The zero-order chi connectivity index (χ0) is 7.28. The van der Waals surface area contributed by atoms with Gasteiger partial charge in [0.25, 0.3) is 0 Å². The second-order valence-corrected chi connectivity index (χ2v) is 1.64. The van der Waals surface area contributed by atoms with Gasteiger partial charge in [0.15, 0.2) is 0 Å². The van der Waals surface area contributed by atoms with Gasteiger partial charge in [-0.1, -0.05) is 0 Å². The van der Waals surface area contributed by atoms with E-state index in [0.717, 1.165) is 0 Å². The van der Waals surface area contributed by atoms with E-state index in [1.165, 1.54) is 6.08 Å². The molecule has 0 amide bonds. The highest BCUT2D eigenvalue weighted by Gasteiger charge is 1.92. The molecule has 0 aromatic heterocycles. The highest BCUT2D eigenvalue weighted by molar-refractivity contribution is 5.85. The fourth-order valence-corrected chi connectivity index (χ4v) is 0.370. The summed E-state index contributed by atoms with van der Waals surface area (Å²) < 4.78 is 4.56. The quantitative estimate of drug-likeness (QED) is 0.487. The average Bonchev–Trinajstić information content (AvgIpc) is 1.63. The molecule has 3 nitrogen and oxygen atoms in total. The fraction of sp³-hybridized carbons (Fsp3) is 0.500. The summed E-state index contributed by atoms with van der Waals surface area (Å²) in [4.78, 5) is 10.5. The largest absolute Gasteiger partial charge is 0.463 e. The van der Waals surface area contributed by atoms with Crippen molar-refractivity contribution >= 4 is 18.4 Å². The smallest absolute Gasteiger partial charge is 0.332 e. The number of carbonyl (C=O) groups excluding carboxylic acids is 1. The van der Waals surface area contributed by atoms with E-state index >= 15 is 0 Å². The number of esters is 1. The Morgan fingerprint density at radius 2 is 2.20 bits per heavy atom. The maximum Gasteiger partial charge on any atom is 0.332 e. The summed E-state index contributed by atoms with van der Waals surface area (Å²) in [5.41, 5.74) is 5.65. The van der Waals surface area contributed by atoms with Crippen molar-refractivity contribution in [2.75, 3.05) is 6.61 Å². The minimum atomic E-state index is -0.377. The first-order valence-electron chi connectivity index (χ1n) is 2.77. The van der Waals surface area contributed by atoms with Crippen molar-refractivity contribution in [3.8, 4) is 0 Å². The summed E-state index contributed by atoms with van der Waals surface area (Å²) >= 11 is 0. The van der Waals surface area contributed by atoms with Gasteiger partial charge in [-0.05, 0) is 13.8 Å². The molecule has 10 heavy (non-hydrogen) atoms. The van der Waals surface area contributed by atoms with Crippen molar-refractivity contribution in [3.63, 3.8) is 0 Å². The molecule has 0 saturated carbocycles. The van der Waals surface area contributed by atoms with Gasteiger partial charge >= 0.3 is 5.97 Å². The van der Waals surface area contributed by atoms with Gasteiger partial charge < -0.3 is 10.5 Å². The van der Waals surface area contributed by atoms with Crippen LogP contribution in [0.4, 0.5) is 0 Å². The molecule has 0 aliphatic carbocycles. The van der Waals surface area contributed by atoms with Crippen LogP contribution in [0.3, 0.4) is 0 Å². The first kappa shape index (κ1) is 12.0. The molecule has 0 unspecified atom stereocenters. The van der Waals surface area contributed by atoms with E-state index in [0.29, 0.717) is 12.3 Å². The van der Waals surface area contributed by atoms with Crippen molar-refractivity contribution in [1.29, 1.82) is 0 Å². The number of allylic oxidation sites excluding steroid dienone is 1. The Morgan fingerprint density at radius 1 is 1.70 bits per heavy atom. The van der Waals surface area contributed by atoms with Gasteiger partial charge in [-0.2, -0.15) is 0 Å². The lowest BCUT2D eigenvalue weighted by atomic mass is 10.4. The topological polar surface area (TPSA) is 52.3 Å². The van der Waals surface area contributed by atoms with Crippen LogP contribution >= 0.6 is 12.4 Å². The van der Waals surface area contributed by atoms with E-state index in [4.69, 9.17) is 5.73 Å². The second-order valence-electron chi connectivity index (χ2n) is 1.64. The summed E-state index contributed by atoms with van der Waals surface area (Å²) in [6.07, 6.45) is 1.25. The predicted octanol–water partition coefficient (Wildman–Crippen LogP) is 0.834. The molecule has 0 aliphatic heterocycles. The predicted molar refractivity (Wildman–Crippen MR) is 41.8 cm³/mol. The van der Waals surface area contributed by atoms with Gasteiger partial charge in [-0.3, -0.25) is 0 Å². The minimum absolute atomic E-state index is 0. The fourth-order valence-electron chi connectivity index (χ4n) is 0.370. The maximum atomic E-state index is 10.5. The summed E-state index contributed by atoms with van der Waals surface area (Å²) in [6.45, 7) is 3.77. The van der Waals surface area contributed by atoms with Crippen molar-refractivity contribution in [2.45, 2.75) is 13.8 Å². The molecule has 2 N–H and O–H groups in total. The third-order valence-corrected chi connectivity index (χ3v) is 0.632. The molecule has 0 spiro atoms. The maximum absolute atomic E-state index is 10.5. The van der Waals surface area contributed by atoms with Crippen molar-refractivity contribution < 1.29 is 9.53 Å². The van der Waals surface area contributed by atoms with Crippen LogP contribution in [0.2, 0.25) is 0 Å². The summed E-state index contributed by atoms with van der Waals surface area (Å²) in [7, 11) is 0. The Bertz CT molecular complexity index is 130. The summed E-state index contributed by atoms with van der Waals surface area (Å²) in [5, 5.41) is 0. The standard InChI is InChI=1S/C6H11NO2.ClH/c1-3-9-6(8)4-5(2)7;/h4H,3,7H2,1-2H3;1H/b5-4+;. The zero-order valence-electron chi connectivity index (χ0n) is 6.09. The minimum Gasteiger partial charge on any atom is -0.463 e. The molecular weight excluding hydrogens is 154 g/mol. The third-order valence-electron chi connectivity index (χ3n) is 0.632. The molecule has 0 radical (unpaired) electrons. The van der Waals surface area contributed by atoms with Gasteiger partial charge in [0, 0.05) is 11.8 Å². The van der Waals surface area contributed by atoms with Crippen LogP contribution in [0, 0.1) is 0 Å². The van der Waals surface area contributed by atoms with Crippen LogP contribution in [-0.4, -0.2) is 12.6 Å². The van der Waals surface area contributed by atoms with Crippen LogP contribution in [-0.2, 0) is 9.53 Å². The number of ether oxygens (including phenoxy) is 1. The highest BCUT2D eigenvalue weighted by Crippen LogP contribution is 1.83. The van der Waals surface area contributed by atoms with E-state index in [9.17, 15) is 4.79 Å². The molecule has 0 aromatic carbocycles. The molecule has 0 heterocycles. The Balaban J connectivity index is 0. The lowest BCUT2D eigenvalue weighted by molar-refractivity contribution is -0.137. The number of hydrogen-bond acceptors (Lipinski definition) is 3. The molecule has 0 saturated heterocycles. The molecule has 4 heteroatoms. The first-order valence-corrected chi connectivity index (χ1v) is 2.77. The number of rotatable bonds is 2. The molecule has 0 bridgehead atoms. The average molecular weight is 166 g/mol. The molecule has 0 fully saturated rings. The SMILES string of the molecule is CCOC(=O)/C=C(\C)N.Cl. The Labute approximate surface area is 66.6 Å².